The molecule has 0 aromatic carbocycles. The number of primary amides is 1. The molecule has 1 heterocycles. The van der Waals surface area contributed by atoms with Crippen LogP contribution in [0.15, 0.2) is 6.33 Å². The normalized spacial score (nSPS) is 10.3. The van der Waals surface area contributed by atoms with Crippen molar-refractivity contribution in [2.45, 2.75) is 26.7 Å². The second kappa shape index (κ2) is 9.08. The highest BCUT2D eigenvalue weighted by Crippen LogP contribution is 2.21. The minimum absolute atomic E-state index is 0.0596. The molecule has 1 aromatic heterocycles. The summed E-state index contributed by atoms with van der Waals surface area (Å²) in [5, 5.41) is 6.44. The number of aromatic nitrogens is 2. The number of rotatable bonds is 10. The fourth-order valence-corrected chi connectivity index (χ4v) is 1.79. The zero-order valence-corrected chi connectivity index (χ0v) is 12.1. The molecule has 0 atom stereocenters. The van der Waals surface area contributed by atoms with Gasteiger partial charge in [0.1, 0.15) is 24.6 Å². The molecule has 0 aliphatic rings. The number of hydrogen-bond acceptors (Lipinski definition) is 6. The molecule has 0 aliphatic carbocycles. The summed E-state index contributed by atoms with van der Waals surface area (Å²) in [7, 11) is 0. The molecule has 0 spiro atoms. The highest BCUT2D eigenvalue weighted by molar-refractivity contribution is 5.74. The molecule has 1 rings (SSSR count). The number of carbonyl (C=O) groups excluding carboxylic acids is 1. The van der Waals surface area contributed by atoms with E-state index in [1.807, 2.05) is 6.92 Å². The average Bonchev–Trinajstić information content (AvgIpc) is 2.41. The molecular formula is C13H23N5O2. The third-order valence-electron chi connectivity index (χ3n) is 2.57. The van der Waals surface area contributed by atoms with Crippen molar-refractivity contribution in [2.24, 2.45) is 5.73 Å². The van der Waals surface area contributed by atoms with E-state index in [2.05, 4.69) is 27.5 Å². The standard InChI is InChI=1S/C13H23N5O2/c1-3-5-10-12(15-4-2)17-9-18-13(10)16-6-7-20-8-11(14)19/h9H,3-8H2,1-2H3,(H2,14,19)(H2,15,16,17,18). The number of nitrogens with zero attached hydrogens (tertiary/aromatic N) is 2. The van der Waals surface area contributed by atoms with Gasteiger partial charge in [0, 0.05) is 18.7 Å². The van der Waals surface area contributed by atoms with Gasteiger partial charge in [-0.25, -0.2) is 9.97 Å². The van der Waals surface area contributed by atoms with Crippen LogP contribution in [-0.2, 0) is 16.0 Å². The Morgan fingerprint density at radius 1 is 1.30 bits per heavy atom. The zero-order valence-electron chi connectivity index (χ0n) is 12.1. The van der Waals surface area contributed by atoms with Gasteiger partial charge in [0.05, 0.1) is 6.61 Å². The van der Waals surface area contributed by atoms with Gasteiger partial charge in [-0.15, -0.1) is 0 Å². The van der Waals surface area contributed by atoms with Crippen molar-refractivity contribution in [3.8, 4) is 0 Å². The van der Waals surface area contributed by atoms with E-state index in [4.69, 9.17) is 10.5 Å². The number of ether oxygens (including phenoxy) is 1. The summed E-state index contributed by atoms with van der Waals surface area (Å²) >= 11 is 0. The number of amides is 1. The van der Waals surface area contributed by atoms with Crippen LogP contribution >= 0.6 is 0 Å². The van der Waals surface area contributed by atoms with Gasteiger partial charge in [0.15, 0.2) is 0 Å². The minimum atomic E-state index is -0.465. The highest BCUT2D eigenvalue weighted by atomic mass is 16.5. The number of hydrogen-bond donors (Lipinski definition) is 3. The van der Waals surface area contributed by atoms with E-state index in [-0.39, 0.29) is 6.61 Å². The van der Waals surface area contributed by atoms with Crippen LogP contribution in [0.1, 0.15) is 25.8 Å². The Kier molecular flexibility index (Phi) is 7.34. The molecule has 20 heavy (non-hydrogen) atoms. The monoisotopic (exact) mass is 281 g/mol. The summed E-state index contributed by atoms with van der Waals surface area (Å²) in [5.74, 6) is 1.21. The number of carbonyl (C=O) groups is 1. The van der Waals surface area contributed by atoms with Gasteiger partial charge >= 0.3 is 0 Å². The quantitative estimate of drug-likeness (QED) is 0.548. The maximum absolute atomic E-state index is 10.5. The van der Waals surface area contributed by atoms with E-state index in [1.165, 1.54) is 6.33 Å². The molecule has 0 aliphatic heterocycles. The highest BCUT2D eigenvalue weighted by Gasteiger charge is 2.09. The summed E-state index contributed by atoms with van der Waals surface area (Å²) in [6.45, 7) is 5.86. The minimum Gasteiger partial charge on any atom is -0.370 e. The second-order valence-electron chi connectivity index (χ2n) is 4.28. The number of nitrogens with one attached hydrogen (secondary N) is 2. The molecule has 7 heteroatoms. The van der Waals surface area contributed by atoms with Crippen LogP contribution in [0, 0.1) is 0 Å². The summed E-state index contributed by atoms with van der Waals surface area (Å²) in [6, 6.07) is 0. The fraction of sp³-hybridized carbons (Fsp3) is 0.615. The van der Waals surface area contributed by atoms with E-state index >= 15 is 0 Å². The van der Waals surface area contributed by atoms with Gasteiger partial charge in [-0.3, -0.25) is 4.79 Å². The molecule has 0 bridgehead atoms. The number of nitrogens with two attached hydrogens (primary N) is 1. The summed E-state index contributed by atoms with van der Waals surface area (Å²) in [6.07, 6.45) is 3.44. The predicted octanol–water partition coefficient (Wildman–Crippen LogP) is 0.775. The topological polar surface area (TPSA) is 102 Å². The van der Waals surface area contributed by atoms with Crippen molar-refractivity contribution >= 4 is 17.5 Å². The van der Waals surface area contributed by atoms with Gasteiger partial charge in [-0.2, -0.15) is 0 Å². The van der Waals surface area contributed by atoms with E-state index < -0.39 is 5.91 Å². The van der Waals surface area contributed by atoms with Gasteiger partial charge in [0.2, 0.25) is 5.91 Å². The lowest BCUT2D eigenvalue weighted by Gasteiger charge is -2.14. The lowest BCUT2D eigenvalue weighted by atomic mass is 10.1. The van der Waals surface area contributed by atoms with E-state index in [0.29, 0.717) is 13.2 Å². The third-order valence-corrected chi connectivity index (χ3v) is 2.57. The first kappa shape index (κ1) is 16.2. The van der Waals surface area contributed by atoms with Crippen LogP contribution in [0.3, 0.4) is 0 Å². The average molecular weight is 281 g/mol. The van der Waals surface area contributed by atoms with Crippen LogP contribution in [0.4, 0.5) is 11.6 Å². The van der Waals surface area contributed by atoms with Crippen LogP contribution in [-0.4, -0.2) is 42.2 Å². The van der Waals surface area contributed by atoms with Crippen molar-refractivity contribution in [1.29, 1.82) is 0 Å². The van der Waals surface area contributed by atoms with Crippen LogP contribution in [0.5, 0.6) is 0 Å². The summed E-state index contributed by atoms with van der Waals surface area (Å²) in [5.41, 5.74) is 6.07. The van der Waals surface area contributed by atoms with Crippen molar-refractivity contribution in [2.75, 3.05) is 36.9 Å². The van der Waals surface area contributed by atoms with Crippen LogP contribution in [0.25, 0.3) is 0 Å². The van der Waals surface area contributed by atoms with Crippen LogP contribution in [0.2, 0.25) is 0 Å². The molecule has 1 aromatic rings. The third kappa shape index (κ3) is 5.40. The molecular weight excluding hydrogens is 258 g/mol. The maximum Gasteiger partial charge on any atom is 0.243 e. The SMILES string of the molecule is CCCc1c(NCC)ncnc1NCCOCC(N)=O. The van der Waals surface area contributed by atoms with Gasteiger partial charge in [0.25, 0.3) is 0 Å². The molecule has 0 unspecified atom stereocenters. The first-order valence-corrected chi connectivity index (χ1v) is 6.86. The first-order chi connectivity index (χ1) is 9.69. The largest absolute Gasteiger partial charge is 0.370 e. The molecule has 112 valence electrons. The summed E-state index contributed by atoms with van der Waals surface area (Å²) < 4.78 is 5.10. The second-order valence-corrected chi connectivity index (χ2v) is 4.28. The maximum atomic E-state index is 10.5. The van der Waals surface area contributed by atoms with Gasteiger partial charge < -0.3 is 21.1 Å². The molecule has 0 radical (unpaired) electrons. The Balaban J connectivity index is 2.59. The lowest BCUT2D eigenvalue weighted by Crippen LogP contribution is -2.21. The predicted molar refractivity (Wildman–Crippen MR) is 78.7 cm³/mol. The first-order valence-electron chi connectivity index (χ1n) is 6.86. The Morgan fingerprint density at radius 3 is 2.60 bits per heavy atom. The molecule has 4 N–H and O–H groups in total. The van der Waals surface area contributed by atoms with Crippen molar-refractivity contribution in [1.82, 2.24) is 9.97 Å². The Bertz CT molecular complexity index is 425. The van der Waals surface area contributed by atoms with Crippen molar-refractivity contribution in [3.05, 3.63) is 11.9 Å². The molecule has 0 saturated heterocycles. The van der Waals surface area contributed by atoms with Crippen molar-refractivity contribution < 1.29 is 9.53 Å². The van der Waals surface area contributed by atoms with E-state index in [1.54, 1.807) is 0 Å². The number of anilines is 2. The zero-order chi connectivity index (χ0) is 14.8. The Morgan fingerprint density at radius 2 is 2.00 bits per heavy atom. The molecule has 1 amide bonds. The van der Waals surface area contributed by atoms with Crippen LogP contribution < -0.4 is 16.4 Å². The van der Waals surface area contributed by atoms with Crippen molar-refractivity contribution in [3.63, 3.8) is 0 Å². The van der Waals surface area contributed by atoms with Gasteiger partial charge in [-0.05, 0) is 13.3 Å². The van der Waals surface area contributed by atoms with E-state index in [0.717, 1.165) is 36.6 Å². The smallest absolute Gasteiger partial charge is 0.243 e. The van der Waals surface area contributed by atoms with Gasteiger partial charge in [-0.1, -0.05) is 13.3 Å². The molecule has 7 nitrogen and oxygen atoms in total. The molecule has 0 saturated carbocycles. The Labute approximate surface area is 119 Å². The molecule has 0 fully saturated rings. The Hall–Kier alpha value is -1.89. The van der Waals surface area contributed by atoms with E-state index in [9.17, 15) is 4.79 Å². The fourth-order valence-electron chi connectivity index (χ4n) is 1.79. The lowest BCUT2D eigenvalue weighted by molar-refractivity contribution is -0.122. The summed E-state index contributed by atoms with van der Waals surface area (Å²) in [4.78, 5) is 19.1.